The SMILES string of the molecule is COc1cc(NC(=O)N2CCC(c3ccncn3)CC2)ccc1C(F)(F)F. The van der Waals surface area contributed by atoms with Crippen molar-refractivity contribution in [1.82, 2.24) is 14.9 Å². The molecule has 0 spiro atoms. The zero-order chi connectivity index (χ0) is 19.4. The number of piperidine rings is 1. The number of hydrogen-bond donors (Lipinski definition) is 1. The number of benzene rings is 1. The van der Waals surface area contributed by atoms with Gasteiger partial charge in [-0.15, -0.1) is 0 Å². The second-order valence-corrected chi connectivity index (χ2v) is 6.24. The maximum atomic E-state index is 12.9. The summed E-state index contributed by atoms with van der Waals surface area (Å²) < 4.78 is 43.5. The number of rotatable bonds is 3. The van der Waals surface area contributed by atoms with Crippen LogP contribution in [0.25, 0.3) is 0 Å². The first kappa shape index (κ1) is 18.9. The van der Waals surface area contributed by atoms with Gasteiger partial charge in [-0.05, 0) is 31.0 Å². The van der Waals surface area contributed by atoms with Crippen LogP contribution >= 0.6 is 0 Å². The highest BCUT2D eigenvalue weighted by atomic mass is 19.4. The molecule has 1 saturated heterocycles. The van der Waals surface area contributed by atoms with E-state index in [-0.39, 0.29) is 23.4 Å². The molecule has 1 aromatic carbocycles. The molecule has 2 heterocycles. The highest BCUT2D eigenvalue weighted by Crippen LogP contribution is 2.37. The number of halogens is 3. The number of likely N-dealkylation sites (tertiary alicyclic amines) is 1. The Labute approximate surface area is 154 Å². The number of methoxy groups -OCH3 is 1. The monoisotopic (exact) mass is 380 g/mol. The summed E-state index contributed by atoms with van der Waals surface area (Å²) in [5, 5.41) is 2.63. The van der Waals surface area contributed by atoms with Gasteiger partial charge in [0.25, 0.3) is 0 Å². The van der Waals surface area contributed by atoms with Gasteiger partial charge in [0.2, 0.25) is 0 Å². The smallest absolute Gasteiger partial charge is 0.419 e. The summed E-state index contributed by atoms with van der Waals surface area (Å²) in [6.45, 7) is 1.08. The van der Waals surface area contributed by atoms with E-state index >= 15 is 0 Å². The average Bonchev–Trinajstić information content (AvgIpc) is 2.67. The Morgan fingerprint density at radius 1 is 1.26 bits per heavy atom. The van der Waals surface area contributed by atoms with Crippen molar-refractivity contribution < 1.29 is 22.7 Å². The number of aromatic nitrogens is 2. The minimum absolute atomic E-state index is 0.253. The normalized spacial score (nSPS) is 15.5. The lowest BCUT2D eigenvalue weighted by Crippen LogP contribution is -2.40. The van der Waals surface area contributed by atoms with Crippen LogP contribution in [0.5, 0.6) is 5.75 Å². The molecule has 1 aliphatic heterocycles. The molecule has 144 valence electrons. The third-order valence-electron chi connectivity index (χ3n) is 4.56. The highest BCUT2D eigenvalue weighted by Gasteiger charge is 2.34. The number of alkyl halides is 3. The number of amides is 2. The summed E-state index contributed by atoms with van der Waals surface area (Å²) in [4.78, 5) is 22.2. The van der Waals surface area contributed by atoms with Crippen molar-refractivity contribution in [2.24, 2.45) is 0 Å². The lowest BCUT2D eigenvalue weighted by Gasteiger charge is -2.31. The van der Waals surface area contributed by atoms with Crippen LogP contribution in [-0.2, 0) is 6.18 Å². The second-order valence-electron chi connectivity index (χ2n) is 6.24. The van der Waals surface area contributed by atoms with E-state index in [1.807, 2.05) is 6.07 Å². The Kier molecular flexibility index (Phi) is 5.48. The standard InChI is InChI=1S/C18H19F3N4O2/c1-27-16-10-13(2-3-14(16)18(19,20)21)24-17(26)25-8-5-12(6-9-25)15-4-7-22-11-23-15/h2-4,7,10-12H,5-6,8-9H2,1H3,(H,24,26). The van der Waals surface area contributed by atoms with Gasteiger partial charge in [0.15, 0.2) is 0 Å². The Morgan fingerprint density at radius 2 is 2.00 bits per heavy atom. The van der Waals surface area contributed by atoms with Crippen LogP contribution in [0, 0.1) is 0 Å². The van der Waals surface area contributed by atoms with Gasteiger partial charge in [-0.25, -0.2) is 14.8 Å². The molecule has 1 fully saturated rings. The van der Waals surface area contributed by atoms with Crippen molar-refractivity contribution >= 4 is 11.7 Å². The largest absolute Gasteiger partial charge is 0.496 e. The molecule has 6 nitrogen and oxygen atoms in total. The Bertz CT molecular complexity index is 791. The molecule has 2 aromatic rings. The molecule has 3 rings (SSSR count). The van der Waals surface area contributed by atoms with Crippen molar-refractivity contribution in [2.45, 2.75) is 24.9 Å². The van der Waals surface area contributed by atoms with E-state index < -0.39 is 11.7 Å². The van der Waals surface area contributed by atoms with Gasteiger partial charge in [-0.3, -0.25) is 0 Å². The fourth-order valence-corrected chi connectivity index (χ4v) is 3.13. The van der Waals surface area contributed by atoms with Crippen molar-refractivity contribution in [3.63, 3.8) is 0 Å². The Morgan fingerprint density at radius 3 is 2.59 bits per heavy atom. The van der Waals surface area contributed by atoms with Crippen molar-refractivity contribution in [3.05, 3.63) is 48.0 Å². The summed E-state index contributed by atoms with van der Waals surface area (Å²) in [5.74, 6) is -0.0639. The lowest BCUT2D eigenvalue weighted by molar-refractivity contribution is -0.138. The van der Waals surface area contributed by atoms with Gasteiger partial charge in [0, 0.05) is 42.7 Å². The Hall–Kier alpha value is -2.84. The van der Waals surface area contributed by atoms with Crippen molar-refractivity contribution in [2.75, 3.05) is 25.5 Å². The first-order chi connectivity index (χ1) is 12.9. The van der Waals surface area contributed by atoms with E-state index in [0.717, 1.165) is 31.7 Å². The zero-order valence-corrected chi connectivity index (χ0v) is 14.7. The number of urea groups is 1. The van der Waals surface area contributed by atoms with Crippen molar-refractivity contribution in [3.8, 4) is 5.75 Å². The molecule has 27 heavy (non-hydrogen) atoms. The number of nitrogens with zero attached hydrogens (tertiary/aromatic N) is 3. The average molecular weight is 380 g/mol. The molecule has 1 aromatic heterocycles. The van der Waals surface area contributed by atoms with Gasteiger partial charge < -0.3 is 15.0 Å². The van der Waals surface area contributed by atoms with Crippen LogP contribution in [-0.4, -0.2) is 41.1 Å². The molecule has 0 bridgehead atoms. The fourth-order valence-electron chi connectivity index (χ4n) is 3.13. The zero-order valence-electron chi connectivity index (χ0n) is 14.7. The topological polar surface area (TPSA) is 67.3 Å². The van der Waals surface area contributed by atoms with Crippen molar-refractivity contribution in [1.29, 1.82) is 0 Å². The number of carbonyl (C=O) groups excluding carboxylic acids is 1. The van der Waals surface area contributed by atoms with Crippen LogP contribution in [0.4, 0.5) is 23.7 Å². The maximum Gasteiger partial charge on any atom is 0.419 e. The molecular weight excluding hydrogens is 361 g/mol. The fraction of sp³-hybridized carbons (Fsp3) is 0.389. The third kappa shape index (κ3) is 4.47. The van der Waals surface area contributed by atoms with Gasteiger partial charge >= 0.3 is 12.2 Å². The summed E-state index contributed by atoms with van der Waals surface area (Å²) in [5.41, 5.74) is 0.328. The number of nitrogens with one attached hydrogen (secondary N) is 1. The van der Waals surface area contributed by atoms with Crippen LogP contribution in [0.2, 0.25) is 0 Å². The van der Waals surface area contributed by atoms with E-state index in [4.69, 9.17) is 4.74 Å². The number of carbonyl (C=O) groups is 1. The summed E-state index contributed by atoms with van der Waals surface area (Å²) >= 11 is 0. The summed E-state index contributed by atoms with van der Waals surface area (Å²) in [6.07, 6.45) is 0.212. The van der Waals surface area contributed by atoms with Gasteiger partial charge in [-0.2, -0.15) is 13.2 Å². The van der Waals surface area contributed by atoms with E-state index in [1.165, 1.54) is 18.5 Å². The van der Waals surface area contributed by atoms with E-state index in [1.54, 1.807) is 11.1 Å². The lowest BCUT2D eigenvalue weighted by atomic mass is 9.93. The van der Waals surface area contributed by atoms with E-state index in [2.05, 4.69) is 15.3 Å². The molecule has 0 aliphatic carbocycles. The summed E-state index contributed by atoms with van der Waals surface area (Å²) in [7, 11) is 1.16. The van der Waals surface area contributed by atoms with Crippen LogP contribution < -0.4 is 10.1 Å². The van der Waals surface area contributed by atoms with Gasteiger partial charge in [0.05, 0.1) is 12.7 Å². The Balaban J connectivity index is 1.61. The van der Waals surface area contributed by atoms with Crippen LogP contribution in [0.3, 0.4) is 0 Å². The quantitative estimate of drug-likeness (QED) is 0.877. The molecule has 1 N–H and O–H groups in total. The van der Waals surface area contributed by atoms with E-state index in [9.17, 15) is 18.0 Å². The molecule has 1 aliphatic rings. The first-order valence-electron chi connectivity index (χ1n) is 8.45. The van der Waals surface area contributed by atoms with Crippen LogP contribution in [0.1, 0.15) is 30.0 Å². The van der Waals surface area contributed by atoms with E-state index in [0.29, 0.717) is 13.1 Å². The molecule has 0 saturated carbocycles. The number of ether oxygens (including phenoxy) is 1. The minimum atomic E-state index is -4.52. The van der Waals surface area contributed by atoms with Crippen LogP contribution in [0.15, 0.2) is 36.8 Å². The predicted octanol–water partition coefficient (Wildman–Crippen LogP) is 3.92. The van der Waals surface area contributed by atoms with Gasteiger partial charge in [-0.1, -0.05) is 0 Å². The molecule has 0 unspecified atom stereocenters. The summed E-state index contributed by atoms with van der Waals surface area (Å²) in [6, 6.07) is 4.81. The second kappa shape index (κ2) is 7.81. The molecule has 9 heteroatoms. The molecule has 0 radical (unpaired) electrons. The number of hydrogen-bond acceptors (Lipinski definition) is 4. The predicted molar refractivity (Wildman–Crippen MR) is 92.6 cm³/mol. The highest BCUT2D eigenvalue weighted by molar-refractivity contribution is 5.89. The minimum Gasteiger partial charge on any atom is -0.496 e. The maximum absolute atomic E-state index is 12.9. The first-order valence-corrected chi connectivity index (χ1v) is 8.45. The number of anilines is 1. The molecule has 2 amide bonds. The molecule has 0 atom stereocenters. The third-order valence-corrected chi connectivity index (χ3v) is 4.56. The molecular formula is C18H19F3N4O2. The van der Waals surface area contributed by atoms with Gasteiger partial charge in [0.1, 0.15) is 12.1 Å².